The average Bonchev–Trinajstić information content (AvgIpc) is 3.63. The molecule has 2 aromatic rings. The van der Waals surface area contributed by atoms with Gasteiger partial charge in [-0.25, -0.2) is 0 Å². The van der Waals surface area contributed by atoms with Crippen molar-refractivity contribution in [2.75, 3.05) is 19.6 Å². The number of aryl methyl sites for hydroxylation is 1. The van der Waals surface area contributed by atoms with Crippen molar-refractivity contribution in [2.24, 2.45) is 17.8 Å². The number of carbonyl (C=O) groups is 2. The number of unbranched alkanes of at least 4 members (excludes halogenated alkanes) is 4. The third kappa shape index (κ3) is 6.35. The number of aliphatic hydroxyl groups excluding tert-OH is 1. The molecule has 1 spiro atoms. The molecule has 3 aliphatic carbocycles. The van der Waals surface area contributed by atoms with Crippen LogP contribution < -0.4 is 9.47 Å². The van der Waals surface area contributed by atoms with Gasteiger partial charge in [-0.2, -0.15) is 0 Å². The molecule has 2 heterocycles. The molecule has 0 radical (unpaired) electrons. The van der Waals surface area contributed by atoms with E-state index in [1.807, 2.05) is 6.07 Å². The first kappa shape index (κ1) is 32.6. The van der Waals surface area contributed by atoms with Crippen LogP contribution in [0.25, 0.3) is 0 Å². The zero-order valence-corrected chi connectivity index (χ0v) is 28.7. The van der Waals surface area contributed by atoms with Gasteiger partial charge in [0.1, 0.15) is 6.10 Å². The summed E-state index contributed by atoms with van der Waals surface area (Å²) in [4.78, 5) is 31.2. The molecule has 254 valence electrons. The molecule has 2 aliphatic heterocycles. The molecule has 1 amide bonds. The van der Waals surface area contributed by atoms with Crippen LogP contribution >= 0.6 is 0 Å². The summed E-state index contributed by atoms with van der Waals surface area (Å²) in [7, 11) is 0. The van der Waals surface area contributed by atoms with Crippen LogP contribution in [-0.4, -0.2) is 70.7 Å². The zero-order valence-electron chi connectivity index (χ0n) is 28.7. The number of likely N-dealkylation sites (tertiary alicyclic amines) is 1. The monoisotopic (exact) mass is 642 g/mol. The van der Waals surface area contributed by atoms with E-state index in [0.29, 0.717) is 36.0 Å². The van der Waals surface area contributed by atoms with Crippen LogP contribution in [0.2, 0.25) is 0 Å². The van der Waals surface area contributed by atoms with Crippen molar-refractivity contribution in [3.05, 3.63) is 59.2 Å². The van der Waals surface area contributed by atoms with Gasteiger partial charge in [0, 0.05) is 49.4 Å². The summed E-state index contributed by atoms with van der Waals surface area (Å²) in [6.45, 7) is 8.53. The zero-order chi connectivity index (χ0) is 32.7. The molecule has 7 nitrogen and oxygen atoms in total. The SMILES string of the molecule is CC(=O)Oc1ccc2c3c1O[C@H]1[C@@H](N(CC(C)C)C(=O)CCCCCCCc4ccccc4)CC[C@H]4[C@@H](C2)N(CC2CC2O)CC[C@@]341. The molecule has 2 unspecified atom stereocenters. The second-order valence-corrected chi connectivity index (χ2v) is 15.6. The molecule has 2 aromatic carbocycles. The number of benzene rings is 2. The van der Waals surface area contributed by atoms with Crippen LogP contribution in [0, 0.1) is 17.8 Å². The van der Waals surface area contributed by atoms with Crippen LogP contribution in [0.15, 0.2) is 42.5 Å². The Labute approximate surface area is 281 Å². The lowest BCUT2D eigenvalue weighted by atomic mass is 9.51. The molecule has 7 heteroatoms. The van der Waals surface area contributed by atoms with Gasteiger partial charge in [0.15, 0.2) is 11.5 Å². The van der Waals surface area contributed by atoms with Crippen molar-refractivity contribution >= 4 is 11.9 Å². The summed E-state index contributed by atoms with van der Waals surface area (Å²) in [5.41, 5.74) is 3.77. The van der Waals surface area contributed by atoms with E-state index in [2.05, 4.69) is 60.0 Å². The number of piperidine rings is 1. The van der Waals surface area contributed by atoms with Gasteiger partial charge in [-0.15, -0.1) is 0 Å². The van der Waals surface area contributed by atoms with Gasteiger partial charge < -0.3 is 19.5 Å². The highest BCUT2D eigenvalue weighted by Crippen LogP contribution is 2.64. The van der Waals surface area contributed by atoms with E-state index >= 15 is 0 Å². The number of amides is 1. The van der Waals surface area contributed by atoms with Crippen molar-refractivity contribution in [3.63, 3.8) is 0 Å². The molecule has 3 fully saturated rings. The summed E-state index contributed by atoms with van der Waals surface area (Å²) >= 11 is 0. The highest BCUT2D eigenvalue weighted by Gasteiger charge is 2.67. The number of nitrogens with zero attached hydrogens (tertiary/aromatic N) is 2. The second-order valence-electron chi connectivity index (χ2n) is 15.6. The molecule has 0 aromatic heterocycles. The minimum absolute atomic E-state index is 0.00648. The number of rotatable bonds is 14. The van der Waals surface area contributed by atoms with E-state index < -0.39 is 0 Å². The quantitative estimate of drug-likeness (QED) is 0.145. The largest absolute Gasteiger partial charge is 0.483 e. The number of ether oxygens (including phenoxy) is 2. The van der Waals surface area contributed by atoms with Crippen LogP contribution in [-0.2, 0) is 27.8 Å². The molecule has 2 saturated carbocycles. The molecule has 47 heavy (non-hydrogen) atoms. The smallest absolute Gasteiger partial charge is 0.308 e. The topological polar surface area (TPSA) is 79.3 Å². The normalized spacial score (nSPS) is 30.1. The third-order valence-electron chi connectivity index (χ3n) is 12.0. The number of esters is 1. The molecule has 1 saturated heterocycles. The predicted octanol–water partition coefficient (Wildman–Crippen LogP) is 6.47. The fourth-order valence-corrected chi connectivity index (χ4v) is 9.84. The highest BCUT2D eigenvalue weighted by molar-refractivity contribution is 5.77. The Balaban J connectivity index is 1.09. The lowest BCUT2D eigenvalue weighted by molar-refractivity contribution is -0.143. The molecular formula is C40H54N2O5. The molecule has 1 N–H and O–H groups in total. The number of carbonyl (C=O) groups excluding carboxylic acids is 2. The van der Waals surface area contributed by atoms with Crippen LogP contribution in [0.5, 0.6) is 11.5 Å². The Morgan fingerprint density at radius 2 is 1.83 bits per heavy atom. The van der Waals surface area contributed by atoms with E-state index in [1.165, 1.54) is 36.5 Å². The summed E-state index contributed by atoms with van der Waals surface area (Å²) in [6, 6.07) is 15.2. The lowest BCUT2D eigenvalue weighted by Crippen LogP contribution is -2.69. The van der Waals surface area contributed by atoms with Crippen LogP contribution in [0.3, 0.4) is 0 Å². The van der Waals surface area contributed by atoms with E-state index in [4.69, 9.17) is 9.47 Å². The van der Waals surface area contributed by atoms with Gasteiger partial charge >= 0.3 is 5.97 Å². The van der Waals surface area contributed by atoms with Crippen molar-refractivity contribution in [1.29, 1.82) is 0 Å². The van der Waals surface area contributed by atoms with Crippen LogP contribution in [0.4, 0.5) is 0 Å². The highest BCUT2D eigenvalue weighted by atomic mass is 16.6. The summed E-state index contributed by atoms with van der Waals surface area (Å²) in [5.74, 6) is 2.35. The number of aliphatic hydroxyl groups is 1. The van der Waals surface area contributed by atoms with Crippen molar-refractivity contribution in [2.45, 2.75) is 128 Å². The van der Waals surface area contributed by atoms with Crippen LogP contribution in [0.1, 0.15) is 102 Å². The Morgan fingerprint density at radius 1 is 1.06 bits per heavy atom. The molecule has 2 bridgehead atoms. The lowest BCUT2D eigenvalue weighted by Gasteiger charge is -2.60. The fraction of sp³-hybridized carbons (Fsp3) is 0.650. The van der Waals surface area contributed by atoms with E-state index in [0.717, 1.165) is 83.2 Å². The van der Waals surface area contributed by atoms with E-state index in [1.54, 1.807) is 0 Å². The first-order valence-corrected chi connectivity index (χ1v) is 18.5. The molecule has 7 rings (SSSR count). The number of hydrogen-bond donors (Lipinski definition) is 1. The van der Waals surface area contributed by atoms with E-state index in [-0.39, 0.29) is 35.5 Å². The van der Waals surface area contributed by atoms with Crippen molar-refractivity contribution in [3.8, 4) is 11.5 Å². The van der Waals surface area contributed by atoms with Crippen molar-refractivity contribution < 1.29 is 24.2 Å². The maximum Gasteiger partial charge on any atom is 0.308 e. The standard InChI is InChI=1S/C40H54N2O5/c1-26(2)24-42(36(45)15-11-6-4-5-8-12-28-13-9-7-10-14-28)32-18-17-31-33-22-29-16-19-35(46-27(3)43)38-37(29)40(31,39(32)47-38)20-21-41(33)25-30-23-34(30)44/h7,9-10,13-14,16,19,26,30-34,39,44H,4-6,8,11-12,15,17-18,20-25H2,1-3H3/t30?,31-,32-,33+,34?,39-,40-/m0/s1. The first-order valence-electron chi connectivity index (χ1n) is 18.5. The Morgan fingerprint density at radius 3 is 2.57 bits per heavy atom. The fourth-order valence-electron chi connectivity index (χ4n) is 9.84. The minimum atomic E-state index is -0.339. The predicted molar refractivity (Wildman–Crippen MR) is 183 cm³/mol. The Hall–Kier alpha value is -2.90. The molecule has 7 atom stereocenters. The molecular weight excluding hydrogens is 588 g/mol. The summed E-state index contributed by atoms with van der Waals surface area (Å²) in [6.07, 6.45) is 11.8. The second kappa shape index (κ2) is 13.5. The van der Waals surface area contributed by atoms with Gasteiger partial charge in [0.2, 0.25) is 5.91 Å². The van der Waals surface area contributed by atoms with Gasteiger partial charge in [-0.05, 0) is 86.9 Å². The Bertz CT molecular complexity index is 1440. The third-order valence-corrected chi connectivity index (χ3v) is 12.0. The summed E-state index contributed by atoms with van der Waals surface area (Å²) < 4.78 is 12.8. The average molecular weight is 643 g/mol. The maximum absolute atomic E-state index is 14.1. The summed E-state index contributed by atoms with van der Waals surface area (Å²) in [5, 5.41) is 10.2. The van der Waals surface area contributed by atoms with Gasteiger partial charge in [0.05, 0.1) is 12.1 Å². The van der Waals surface area contributed by atoms with Gasteiger partial charge in [-0.1, -0.05) is 69.5 Å². The minimum Gasteiger partial charge on any atom is -0.483 e. The molecule has 5 aliphatic rings. The van der Waals surface area contributed by atoms with E-state index in [9.17, 15) is 14.7 Å². The van der Waals surface area contributed by atoms with Gasteiger partial charge in [-0.3, -0.25) is 14.5 Å². The maximum atomic E-state index is 14.1. The number of hydrogen-bond acceptors (Lipinski definition) is 6. The first-order chi connectivity index (χ1) is 22.8. The van der Waals surface area contributed by atoms with Crippen molar-refractivity contribution in [1.82, 2.24) is 9.80 Å². The Kier molecular flexibility index (Phi) is 9.41. The van der Waals surface area contributed by atoms with Gasteiger partial charge in [0.25, 0.3) is 0 Å².